The van der Waals surface area contributed by atoms with Crippen LogP contribution in [0.25, 0.3) is 16.6 Å². The van der Waals surface area contributed by atoms with E-state index < -0.39 is 0 Å². The maximum absolute atomic E-state index is 4.91. The van der Waals surface area contributed by atoms with E-state index in [1.807, 2.05) is 19.2 Å². The summed E-state index contributed by atoms with van der Waals surface area (Å²) >= 11 is 0. The third-order valence-electron chi connectivity index (χ3n) is 4.32. The Morgan fingerprint density at radius 3 is 2.57 bits per heavy atom. The van der Waals surface area contributed by atoms with Gasteiger partial charge in [0.2, 0.25) is 0 Å². The first-order chi connectivity index (χ1) is 10.2. The smallest absolute Gasteiger partial charge is 0.155 e. The van der Waals surface area contributed by atoms with Crippen LogP contribution in [-0.2, 0) is 0 Å². The van der Waals surface area contributed by atoms with Crippen LogP contribution in [0.1, 0.15) is 5.82 Å². The fourth-order valence-electron chi connectivity index (χ4n) is 3.08. The summed E-state index contributed by atoms with van der Waals surface area (Å²) in [5.74, 6) is 2.07. The standard InChI is InChI=1S/C16H19N5/c1-12-17-11-15-16(20-9-7-19(2)8-10-20)18-13-5-3-4-6-14(13)21(12)15/h3-6,11H,7-10H2,1-2H3. The Balaban J connectivity index is 1.95. The van der Waals surface area contributed by atoms with E-state index in [0.29, 0.717) is 0 Å². The fraction of sp³-hybridized carbons (Fsp3) is 0.375. The molecule has 5 heteroatoms. The lowest BCUT2D eigenvalue weighted by Crippen LogP contribution is -2.45. The Bertz CT molecular complexity index is 799. The molecule has 0 spiro atoms. The number of anilines is 1. The zero-order valence-electron chi connectivity index (χ0n) is 12.5. The lowest BCUT2D eigenvalue weighted by atomic mass is 10.2. The topological polar surface area (TPSA) is 36.7 Å². The van der Waals surface area contributed by atoms with Crippen molar-refractivity contribution in [2.45, 2.75) is 6.92 Å². The lowest BCUT2D eigenvalue weighted by molar-refractivity contribution is 0.312. The third kappa shape index (κ3) is 1.96. The number of nitrogens with zero attached hydrogens (tertiary/aromatic N) is 5. The van der Waals surface area contributed by atoms with Crippen molar-refractivity contribution < 1.29 is 0 Å². The van der Waals surface area contributed by atoms with Gasteiger partial charge in [0.05, 0.1) is 17.2 Å². The van der Waals surface area contributed by atoms with E-state index in [2.05, 4.69) is 44.4 Å². The highest BCUT2D eigenvalue weighted by molar-refractivity contribution is 5.85. The number of aromatic nitrogens is 3. The van der Waals surface area contributed by atoms with Crippen LogP contribution in [0.3, 0.4) is 0 Å². The summed E-state index contributed by atoms with van der Waals surface area (Å²) < 4.78 is 2.22. The molecule has 0 radical (unpaired) electrons. The van der Waals surface area contributed by atoms with E-state index in [4.69, 9.17) is 4.98 Å². The van der Waals surface area contributed by atoms with Crippen molar-refractivity contribution in [2.75, 3.05) is 38.1 Å². The Hall–Kier alpha value is -2.14. The van der Waals surface area contributed by atoms with Crippen molar-refractivity contribution in [2.24, 2.45) is 0 Å². The Kier molecular flexibility index (Phi) is 2.82. The summed E-state index contributed by atoms with van der Waals surface area (Å²) in [6.07, 6.45) is 1.95. The predicted molar refractivity (Wildman–Crippen MR) is 84.9 cm³/mol. The molecule has 5 nitrogen and oxygen atoms in total. The molecule has 0 saturated carbocycles. The van der Waals surface area contributed by atoms with Gasteiger partial charge >= 0.3 is 0 Å². The van der Waals surface area contributed by atoms with Crippen LogP contribution < -0.4 is 4.90 Å². The Morgan fingerprint density at radius 1 is 1.00 bits per heavy atom. The number of hydrogen-bond donors (Lipinski definition) is 0. The Labute approximate surface area is 123 Å². The summed E-state index contributed by atoms with van der Waals surface area (Å²) in [7, 11) is 2.17. The number of fused-ring (bicyclic) bond motifs is 3. The van der Waals surface area contributed by atoms with Gasteiger partial charge in [0, 0.05) is 26.2 Å². The van der Waals surface area contributed by atoms with E-state index >= 15 is 0 Å². The van der Waals surface area contributed by atoms with Gasteiger partial charge in [-0.3, -0.25) is 4.40 Å². The van der Waals surface area contributed by atoms with Crippen molar-refractivity contribution in [1.82, 2.24) is 19.3 Å². The van der Waals surface area contributed by atoms with Gasteiger partial charge in [-0.25, -0.2) is 9.97 Å². The number of piperazine rings is 1. The van der Waals surface area contributed by atoms with Gasteiger partial charge in [0.25, 0.3) is 0 Å². The molecule has 108 valence electrons. The van der Waals surface area contributed by atoms with Crippen molar-refractivity contribution in [3.63, 3.8) is 0 Å². The van der Waals surface area contributed by atoms with Crippen molar-refractivity contribution in [3.8, 4) is 0 Å². The molecule has 1 aliphatic rings. The molecule has 4 rings (SSSR count). The summed E-state index contributed by atoms with van der Waals surface area (Å²) in [4.78, 5) is 14.1. The molecule has 0 N–H and O–H groups in total. The molecule has 2 aromatic heterocycles. The average molecular weight is 281 g/mol. The molecule has 3 aromatic rings. The second kappa shape index (κ2) is 4.70. The summed E-state index contributed by atoms with van der Waals surface area (Å²) in [5.41, 5.74) is 3.26. The molecule has 1 saturated heterocycles. The van der Waals surface area contributed by atoms with Gasteiger partial charge in [-0.2, -0.15) is 0 Å². The highest BCUT2D eigenvalue weighted by atomic mass is 15.3. The number of hydrogen-bond acceptors (Lipinski definition) is 4. The van der Waals surface area contributed by atoms with Crippen LogP contribution in [0, 0.1) is 6.92 Å². The van der Waals surface area contributed by atoms with Crippen LogP contribution in [0.4, 0.5) is 5.82 Å². The zero-order chi connectivity index (χ0) is 14.4. The maximum Gasteiger partial charge on any atom is 0.155 e. The largest absolute Gasteiger partial charge is 0.352 e. The molecule has 0 atom stereocenters. The molecule has 0 bridgehead atoms. The number of rotatable bonds is 1. The van der Waals surface area contributed by atoms with Gasteiger partial charge in [0.15, 0.2) is 5.82 Å². The van der Waals surface area contributed by atoms with Gasteiger partial charge in [0.1, 0.15) is 11.3 Å². The van der Waals surface area contributed by atoms with Crippen LogP contribution in [0.5, 0.6) is 0 Å². The molecule has 0 amide bonds. The quantitative estimate of drug-likeness (QED) is 0.683. The predicted octanol–water partition coefficient (Wildman–Crippen LogP) is 1.94. The SMILES string of the molecule is Cc1ncc2c(N3CCN(C)CC3)nc3ccccc3n12. The highest BCUT2D eigenvalue weighted by Gasteiger charge is 2.20. The van der Waals surface area contributed by atoms with Gasteiger partial charge in [-0.05, 0) is 26.1 Å². The number of likely N-dealkylation sites (N-methyl/N-ethyl adjacent to an activating group) is 1. The normalized spacial score (nSPS) is 17.0. The molecule has 0 aliphatic carbocycles. The van der Waals surface area contributed by atoms with Gasteiger partial charge in [-0.15, -0.1) is 0 Å². The highest BCUT2D eigenvalue weighted by Crippen LogP contribution is 2.26. The molecule has 21 heavy (non-hydrogen) atoms. The third-order valence-corrected chi connectivity index (χ3v) is 4.32. The number of benzene rings is 1. The van der Waals surface area contributed by atoms with E-state index in [1.54, 1.807) is 0 Å². The molecule has 1 aromatic carbocycles. The first-order valence-corrected chi connectivity index (χ1v) is 7.40. The minimum Gasteiger partial charge on any atom is -0.352 e. The van der Waals surface area contributed by atoms with E-state index in [9.17, 15) is 0 Å². The summed E-state index contributed by atoms with van der Waals surface area (Å²) in [6.45, 7) is 6.23. The van der Waals surface area contributed by atoms with Crippen molar-refractivity contribution in [3.05, 3.63) is 36.3 Å². The fourth-order valence-corrected chi connectivity index (χ4v) is 3.08. The maximum atomic E-state index is 4.91. The van der Waals surface area contributed by atoms with Gasteiger partial charge < -0.3 is 9.80 Å². The van der Waals surface area contributed by atoms with Crippen LogP contribution >= 0.6 is 0 Å². The first-order valence-electron chi connectivity index (χ1n) is 7.40. The van der Waals surface area contributed by atoms with Crippen molar-refractivity contribution >= 4 is 22.4 Å². The number of imidazole rings is 1. The monoisotopic (exact) mass is 281 g/mol. The number of aryl methyl sites for hydroxylation is 1. The summed E-state index contributed by atoms with van der Waals surface area (Å²) in [6, 6.07) is 8.28. The molecular weight excluding hydrogens is 262 g/mol. The summed E-state index contributed by atoms with van der Waals surface area (Å²) in [5, 5.41) is 0. The van der Waals surface area contributed by atoms with E-state index in [-0.39, 0.29) is 0 Å². The molecule has 3 heterocycles. The average Bonchev–Trinajstić information content (AvgIpc) is 2.90. The van der Waals surface area contributed by atoms with Crippen LogP contribution in [0.2, 0.25) is 0 Å². The Morgan fingerprint density at radius 2 is 1.76 bits per heavy atom. The van der Waals surface area contributed by atoms with Crippen LogP contribution in [0.15, 0.2) is 30.5 Å². The zero-order valence-corrected chi connectivity index (χ0v) is 12.5. The number of para-hydroxylation sites is 2. The van der Waals surface area contributed by atoms with E-state index in [1.165, 1.54) is 0 Å². The van der Waals surface area contributed by atoms with Gasteiger partial charge in [-0.1, -0.05) is 12.1 Å². The molecule has 1 fully saturated rings. The first kappa shape index (κ1) is 12.6. The molecule has 1 aliphatic heterocycles. The minimum absolute atomic E-state index is 1.01. The second-order valence-electron chi connectivity index (χ2n) is 5.74. The lowest BCUT2D eigenvalue weighted by Gasteiger charge is -2.33. The minimum atomic E-state index is 1.01. The second-order valence-corrected chi connectivity index (χ2v) is 5.74. The molecule has 0 unspecified atom stereocenters. The van der Waals surface area contributed by atoms with Crippen LogP contribution in [-0.4, -0.2) is 52.5 Å². The van der Waals surface area contributed by atoms with E-state index in [0.717, 1.165) is 54.4 Å². The molecular formula is C16H19N5. The van der Waals surface area contributed by atoms with Crippen molar-refractivity contribution in [1.29, 1.82) is 0 Å².